The molecule has 1 aliphatic heterocycles. The van der Waals surface area contributed by atoms with Gasteiger partial charge in [-0.05, 0) is 36.5 Å². The highest BCUT2D eigenvalue weighted by atomic mass is 16.5. The number of benzene rings is 1. The lowest BCUT2D eigenvalue weighted by Gasteiger charge is -2.08. The van der Waals surface area contributed by atoms with Crippen molar-refractivity contribution in [1.82, 2.24) is 9.78 Å². The first-order valence-electron chi connectivity index (χ1n) is 7.81. The third-order valence-electron chi connectivity index (χ3n) is 4.21. The smallest absolute Gasteiger partial charge is 0.122 e. The fourth-order valence-electron chi connectivity index (χ4n) is 3.02. The number of nitrogen functional groups attached to an aromatic ring is 1. The number of aromatic nitrogens is 2. The number of hydrogen-bond donors (Lipinski definition) is 1. The van der Waals surface area contributed by atoms with Gasteiger partial charge >= 0.3 is 0 Å². The summed E-state index contributed by atoms with van der Waals surface area (Å²) in [6.07, 6.45) is 3.82. The maximum atomic E-state index is 6.17. The van der Waals surface area contributed by atoms with Crippen molar-refractivity contribution in [1.29, 1.82) is 0 Å². The van der Waals surface area contributed by atoms with Gasteiger partial charge in [0.25, 0.3) is 0 Å². The number of aryl methyl sites for hydroxylation is 3. The van der Waals surface area contributed by atoms with Crippen LogP contribution in [0.1, 0.15) is 36.4 Å². The second-order valence-electron chi connectivity index (χ2n) is 5.53. The van der Waals surface area contributed by atoms with Gasteiger partial charge in [0.2, 0.25) is 0 Å². The van der Waals surface area contributed by atoms with Crippen LogP contribution in [0.2, 0.25) is 0 Å². The van der Waals surface area contributed by atoms with Crippen molar-refractivity contribution in [2.75, 3.05) is 12.3 Å². The molecule has 0 fully saturated rings. The van der Waals surface area contributed by atoms with Gasteiger partial charge in [0.05, 0.1) is 23.7 Å². The Bertz CT molecular complexity index is 646. The van der Waals surface area contributed by atoms with Gasteiger partial charge in [-0.15, -0.1) is 0 Å². The molecule has 3 rings (SSSR count). The van der Waals surface area contributed by atoms with E-state index in [9.17, 15) is 0 Å². The number of rotatable bonds is 5. The summed E-state index contributed by atoms with van der Waals surface area (Å²) < 4.78 is 7.63. The summed E-state index contributed by atoms with van der Waals surface area (Å²) in [5.74, 6) is 1.05. The van der Waals surface area contributed by atoms with Gasteiger partial charge in [0.15, 0.2) is 0 Å². The second kappa shape index (κ2) is 5.80. The van der Waals surface area contributed by atoms with Crippen LogP contribution in [0.25, 0.3) is 0 Å². The van der Waals surface area contributed by atoms with Crippen molar-refractivity contribution >= 4 is 5.69 Å². The van der Waals surface area contributed by atoms with Crippen molar-refractivity contribution in [3.63, 3.8) is 0 Å². The van der Waals surface area contributed by atoms with Crippen molar-refractivity contribution < 1.29 is 4.74 Å². The molecule has 0 aliphatic carbocycles. The zero-order valence-electron chi connectivity index (χ0n) is 12.9. The summed E-state index contributed by atoms with van der Waals surface area (Å²) in [4.78, 5) is 0. The molecule has 0 bridgehead atoms. The molecule has 2 N–H and O–H groups in total. The van der Waals surface area contributed by atoms with Gasteiger partial charge in [-0.2, -0.15) is 5.10 Å². The van der Waals surface area contributed by atoms with Crippen LogP contribution in [0.5, 0.6) is 5.75 Å². The van der Waals surface area contributed by atoms with Gasteiger partial charge in [0.1, 0.15) is 5.75 Å². The van der Waals surface area contributed by atoms with Crippen LogP contribution >= 0.6 is 0 Å². The quantitative estimate of drug-likeness (QED) is 0.919. The first kappa shape index (κ1) is 14.0. The molecule has 0 unspecified atom stereocenters. The Morgan fingerprint density at radius 2 is 2.14 bits per heavy atom. The summed E-state index contributed by atoms with van der Waals surface area (Å²) in [6.45, 7) is 5.93. The number of fused-ring (bicyclic) bond motifs is 1. The average Bonchev–Trinajstić information content (AvgIpc) is 3.08. The maximum Gasteiger partial charge on any atom is 0.122 e. The normalized spacial score (nSPS) is 13.2. The molecular weight excluding hydrogens is 262 g/mol. The third-order valence-corrected chi connectivity index (χ3v) is 4.21. The molecule has 4 heteroatoms. The molecule has 0 spiro atoms. The van der Waals surface area contributed by atoms with E-state index in [1.165, 1.54) is 11.1 Å². The van der Waals surface area contributed by atoms with Gasteiger partial charge in [-0.3, -0.25) is 4.68 Å². The largest absolute Gasteiger partial charge is 0.493 e. The fourth-order valence-corrected chi connectivity index (χ4v) is 3.02. The molecule has 2 aromatic rings. The Balaban J connectivity index is 1.76. The van der Waals surface area contributed by atoms with Gasteiger partial charge in [-0.1, -0.05) is 26.0 Å². The Labute approximate surface area is 125 Å². The Morgan fingerprint density at radius 1 is 1.29 bits per heavy atom. The summed E-state index contributed by atoms with van der Waals surface area (Å²) in [6, 6.07) is 6.51. The minimum Gasteiger partial charge on any atom is -0.493 e. The van der Waals surface area contributed by atoms with E-state index in [2.05, 4.69) is 41.8 Å². The molecule has 21 heavy (non-hydrogen) atoms. The number of nitrogens with zero attached hydrogens (tertiary/aromatic N) is 2. The van der Waals surface area contributed by atoms with E-state index in [4.69, 9.17) is 10.5 Å². The van der Waals surface area contributed by atoms with E-state index in [0.29, 0.717) is 0 Å². The molecule has 0 amide bonds. The topological polar surface area (TPSA) is 53.1 Å². The van der Waals surface area contributed by atoms with E-state index >= 15 is 0 Å². The predicted molar refractivity (Wildman–Crippen MR) is 84.7 cm³/mol. The highest BCUT2D eigenvalue weighted by Gasteiger charge is 2.14. The van der Waals surface area contributed by atoms with Crippen LogP contribution in [0.3, 0.4) is 0 Å². The standard InChI is InChI=1S/C17H23N3O/c1-3-14-17(18)15(4-2)20(19-14)9-7-12-5-6-16-13(11-12)8-10-21-16/h5-6,11H,3-4,7-10,18H2,1-2H3. The van der Waals surface area contributed by atoms with E-state index in [0.717, 1.165) is 61.7 Å². The van der Waals surface area contributed by atoms with Crippen LogP contribution < -0.4 is 10.5 Å². The molecule has 1 aromatic carbocycles. The monoisotopic (exact) mass is 285 g/mol. The molecule has 4 nitrogen and oxygen atoms in total. The summed E-state index contributed by atoms with van der Waals surface area (Å²) in [5.41, 5.74) is 11.9. The highest BCUT2D eigenvalue weighted by molar-refractivity contribution is 5.48. The Hall–Kier alpha value is -1.97. The van der Waals surface area contributed by atoms with Crippen molar-refractivity contribution in [3.05, 3.63) is 40.7 Å². The van der Waals surface area contributed by atoms with Crippen molar-refractivity contribution in [2.24, 2.45) is 0 Å². The zero-order valence-corrected chi connectivity index (χ0v) is 12.9. The third kappa shape index (κ3) is 2.62. The van der Waals surface area contributed by atoms with Crippen LogP contribution in [0.15, 0.2) is 18.2 Å². The molecule has 0 radical (unpaired) electrons. The van der Waals surface area contributed by atoms with Crippen molar-refractivity contribution in [2.45, 2.75) is 46.1 Å². The zero-order chi connectivity index (χ0) is 14.8. The molecule has 0 saturated carbocycles. The predicted octanol–water partition coefficient (Wildman–Crippen LogP) is 2.77. The van der Waals surface area contributed by atoms with E-state index < -0.39 is 0 Å². The molecule has 0 saturated heterocycles. The molecule has 112 valence electrons. The molecule has 1 aliphatic rings. The Morgan fingerprint density at radius 3 is 2.90 bits per heavy atom. The molecule has 1 aromatic heterocycles. The van der Waals surface area contributed by atoms with Gasteiger partial charge in [-0.25, -0.2) is 0 Å². The van der Waals surface area contributed by atoms with E-state index in [1.54, 1.807) is 0 Å². The van der Waals surface area contributed by atoms with Crippen LogP contribution in [-0.4, -0.2) is 16.4 Å². The lowest BCUT2D eigenvalue weighted by Crippen LogP contribution is -2.08. The number of anilines is 1. The van der Waals surface area contributed by atoms with Crippen molar-refractivity contribution in [3.8, 4) is 5.75 Å². The SMILES string of the molecule is CCc1nn(CCc2ccc3c(c2)CCO3)c(CC)c1N. The van der Waals surface area contributed by atoms with Crippen LogP contribution in [0.4, 0.5) is 5.69 Å². The Kier molecular flexibility index (Phi) is 3.86. The average molecular weight is 285 g/mol. The van der Waals surface area contributed by atoms with Gasteiger partial charge < -0.3 is 10.5 Å². The van der Waals surface area contributed by atoms with Crippen LogP contribution in [0, 0.1) is 0 Å². The summed E-state index contributed by atoms with van der Waals surface area (Å²) in [5, 5.41) is 4.65. The lowest BCUT2D eigenvalue weighted by molar-refractivity contribution is 0.357. The van der Waals surface area contributed by atoms with E-state index in [1.807, 2.05) is 0 Å². The summed E-state index contributed by atoms with van der Waals surface area (Å²) in [7, 11) is 0. The highest BCUT2D eigenvalue weighted by Crippen LogP contribution is 2.26. The fraction of sp³-hybridized carbons (Fsp3) is 0.471. The summed E-state index contributed by atoms with van der Waals surface area (Å²) >= 11 is 0. The number of ether oxygens (including phenoxy) is 1. The minimum atomic E-state index is 0.814. The minimum absolute atomic E-state index is 0.814. The molecule has 0 atom stereocenters. The molecule has 2 heterocycles. The molecular formula is C17H23N3O. The first-order valence-corrected chi connectivity index (χ1v) is 7.81. The number of nitrogens with two attached hydrogens (primary N) is 1. The van der Waals surface area contributed by atoms with E-state index in [-0.39, 0.29) is 0 Å². The number of hydrogen-bond acceptors (Lipinski definition) is 3. The second-order valence-corrected chi connectivity index (χ2v) is 5.53. The van der Waals surface area contributed by atoms with Crippen LogP contribution in [-0.2, 0) is 32.2 Å². The lowest BCUT2D eigenvalue weighted by atomic mass is 10.1. The van der Waals surface area contributed by atoms with Gasteiger partial charge in [0, 0.05) is 13.0 Å². The maximum absolute atomic E-state index is 6.17. The first-order chi connectivity index (χ1) is 10.2.